The van der Waals surface area contributed by atoms with E-state index in [1.807, 2.05) is 13.0 Å². The lowest BCUT2D eigenvalue weighted by molar-refractivity contribution is 0.0988. The van der Waals surface area contributed by atoms with Crippen molar-refractivity contribution in [3.63, 3.8) is 0 Å². The Morgan fingerprint density at radius 2 is 1.19 bits per heavy atom. The SMILES string of the molecule is CCC(=O)c1ccc2c(c1)C(c1ccccc1)(c1ccccc1)c1cc(Sc3ccc(C)cc3)ccc1-2. The van der Waals surface area contributed by atoms with Gasteiger partial charge in [-0.3, -0.25) is 4.79 Å². The third-order valence-corrected chi connectivity index (χ3v) is 8.42. The Morgan fingerprint density at radius 3 is 1.78 bits per heavy atom. The van der Waals surface area contributed by atoms with Crippen LogP contribution in [0, 0.1) is 6.92 Å². The summed E-state index contributed by atoms with van der Waals surface area (Å²) in [5.41, 5.74) is 8.81. The van der Waals surface area contributed by atoms with E-state index >= 15 is 0 Å². The van der Waals surface area contributed by atoms with E-state index in [0.717, 1.165) is 5.56 Å². The first-order valence-corrected chi connectivity index (χ1v) is 13.6. The van der Waals surface area contributed by atoms with Crippen molar-refractivity contribution in [2.75, 3.05) is 0 Å². The number of carbonyl (C=O) groups is 1. The molecule has 1 aliphatic carbocycles. The average Bonchev–Trinajstić information content (AvgIpc) is 3.24. The molecule has 37 heavy (non-hydrogen) atoms. The maximum absolute atomic E-state index is 12.8. The second-order valence-corrected chi connectivity index (χ2v) is 10.8. The second-order valence-electron chi connectivity index (χ2n) is 9.64. The van der Waals surface area contributed by atoms with E-state index in [4.69, 9.17) is 0 Å². The summed E-state index contributed by atoms with van der Waals surface area (Å²) in [5, 5.41) is 0. The van der Waals surface area contributed by atoms with E-state index < -0.39 is 5.41 Å². The summed E-state index contributed by atoms with van der Waals surface area (Å²) in [5.74, 6) is 0.171. The molecule has 0 atom stereocenters. The van der Waals surface area contributed by atoms with Crippen LogP contribution in [-0.4, -0.2) is 5.78 Å². The molecule has 0 unspecified atom stereocenters. The van der Waals surface area contributed by atoms with Gasteiger partial charge in [-0.2, -0.15) is 0 Å². The number of Topliss-reactive ketones (excluding diaryl/α,β-unsaturated/α-hetero) is 1. The molecular formula is C35H28OS. The molecule has 2 heteroatoms. The zero-order chi connectivity index (χ0) is 25.4. The van der Waals surface area contributed by atoms with Gasteiger partial charge >= 0.3 is 0 Å². The summed E-state index contributed by atoms with van der Waals surface area (Å²) in [7, 11) is 0. The van der Waals surface area contributed by atoms with E-state index in [1.165, 1.54) is 48.7 Å². The van der Waals surface area contributed by atoms with Gasteiger partial charge < -0.3 is 0 Å². The fourth-order valence-electron chi connectivity index (χ4n) is 5.65. The van der Waals surface area contributed by atoms with Crippen LogP contribution in [-0.2, 0) is 5.41 Å². The number of rotatable bonds is 6. The van der Waals surface area contributed by atoms with Crippen molar-refractivity contribution in [3.05, 3.63) is 155 Å². The van der Waals surface area contributed by atoms with E-state index in [0.29, 0.717) is 6.42 Å². The van der Waals surface area contributed by atoms with Gasteiger partial charge in [0.15, 0.2) is 5.78 Å². The van der Waals surface area contributed by atoms with Crippen LogP contribution in [0.3, 0.4) is 0 Å². The molecule has 180 valence electrons. The molecule has 0 saturated heterocycles. The fraction of sp³-hybridized carbons (Fsp3) is 0.114. The van der Waals surface area contributed by atoms with Crippen molar-refractivity contribution >= 4 is 17.5 Å². The lowest BCUT2D eigenvalue weighted by Gasteiger charge is -2.34. The van der Waals surface area contributed by atoms with Crippen molar-refractivity contribution in [2.24, 2.45) is 0 Å². The summed E-state index contributed by atoms with van der Waals surface area (Å²) in [6, 6.07) is 43.3. The molecule has 0 spiro atoms. The Bertz CT molecular complexity index is 1550. The lowest BCUT2D eigenvalue weighted by atomic mass is 9.67. The molecular weight excluding hydrogens is 468 g/mol. The van der Waals surface area contributed by atoms with Gasteiger partial charge in [0.05, 0.1) is 5.41 Å². The molecule has 0 heterocycles. The van der Waals surface area contributed by atoms with Gasteiger partial charge in [0.1, 0.15) is 0 Å². The highest BCUT2D eigenvalue weighted by Crippen LogP contribution is 2.57. The van der Waals surface area contributed by atoms with E-state index in [2.05, 4.69) is 122 Å². The summed E-state index contributed by atoms with van der Waals surface area (Å²) in [6.45, 7) is 4.05. The van der Waals surface area contributed by atoms with Crippen molar-refractivity contribution in [1.29, 1.82) is 0 Å². The average molecular weight is 497 g/mol. The number of carbonyl (C=O) groups excluding carboxylic acids is 1. The summed E-state index contributed by atoms with van der Waals surface area (Å²) in [4.78, 5) is 15.3. The van der Waals surface area contributed by atoms with Crippen LogP contribution in [0.5, 0.6) is 0 Å². The minimum atomic E-state index is -0.513. The predicted octanol–water partition coefficient (Wildman–Crippen LogP) is 9.10. The highest BCUT2D eigenvalue weighted by Gasteiger charge is 2.46. The largest absolute Gasteiger partial charge is 0.294 e. The monoisotopic (exact) mass is 496 g/mol. The van der Waals surface area contributed by atoms with Gasteiger partial charge in [0, 0.05) is 21.8 Å². The minimum Gasteiger partial charge on any atom is -0.294 e. The zero-order valence-corrected chi connectivity index (χ0v) is 21.9. The van der Waals surface area contributed by atoms with Gasteiger partial charge in [0.25, 0.3) is 0 Å². The Kier molecular flexibility index (Phi) is 6.06. The number of aryl methyl sites for hydroxylation is 1. The minimum absolute atomic E-state index is 0.171. The van der Waals surface area contributed by atoms with Crippen LogP contribution in [0.2, 0.25) is 0 Å². The van der Waals surface area contributed by atoms with E-state index in [-0.39, 0.29) is 5.78 Å². The first kappa shape index (κ1) is 23.5. The molecule has 5 aromatic carbocycles. The highest BCUT2D eigenvalue weighted by atomic mass is 32.2. The third kappa shape index (κ3) is 3.93. The zero-order valence-electron chi connectivity index (χ0n) is 21.1. The van der Waals surface area contributed by atoms with Crippen LogP contribution in [0.1, 0.15) is 51.5 Å². The first-order chi connectivity index (χ1) is 18.1. The Balaban J connectivity index is 1.64. The van der Waals surface area contributed by atoms with E-state index in [9.17, 15) is 4.79 Å². The standard InChI is InChI=1S/C35H28OS/c1-3-34(36)25-16-20-30-31-21-19-29(37-28-17-14-24(2)15-18-28)23-33(31)35(32(30)22-25,26-10-6-4-7-11-26)27-12-8-5-9-13-27/h4-23H,3H2,1-2H3. The van der Waals surface area contributed by atoms with Crippen LogP contribution < -0.4 is 0 Å². The molecule has 0 aliphatic heterocycles. The van der Waals surface area contributed by atoms with Crippen molar-refractivity contribution in [3.8, 4) is 11.1 Å². The van der Waals surface area contributed by atoms with Crippen LogP contribution in [0.25, 0.3) is 11.1 Å². The number of hydrogen-bond acceptors (Lipinski definition) is 2. The maximum atomic E-state index is 12.8. The van der Waals surface area contributed by atoms with Crippen LogP contribution in [0.15, 0.2) is 131 Å². The number of benzene rings is 5. The molecule has 6 rings (SSSR count). The highest BCUT2D eigenvalue weighted by molar-refractivity contribution is 7.99. The Hall–Kier alpha value is -3.88. The third-order valence-electron chi connectivity index (χ3n) is 7.42. The first-order valence-electron chi connectivity index (χ1n) is 12.8. The topological polar surface area (TPSA) is 17.1 Å². The van der Waals surface area contributed by atoms with Crippen LogP contribution in [0.4, 0.5) is 0 Å². The molecule has 5 aromatic rings. The summed E-state index contributed by atoms with van der Waals surface area (Å²) >= 11 is 1.79. The normalized spacial score (nSPS) is 13.1. The van der Waals surface area contributed by atoms with Gasteiger partial charge in [-0.05, 0) is 70.6 Å². The molecule has 1 aliphatic rings. The van der Waals surface area contributed by atoms with Crippen molar-refractivity contribution in [1.82, 2.24) is 0 Å². The number of hydrogen-bond donors (Lipinski definition) is 0. The second kappa shape index (κ2) is 9.53. The number of fused-ring (bicyclic) bond motifs is 3. The maximum Gasteiger partial charge on any atom is 0.162 e. The Morgan fingerprint density at radius 1 is 0.649 bits per heavy atom. The lowest BCUT2D eigenvalue weighted by Crippen LogP contribution is -2.28. The molecule has 0 aromatic heterocycles. The quantitative estimate of drug-likeness (QED) is 0.214. The summed E-state index contributed by atoms with van der Waals surface area (Å²) < 4.78 is 0. The van der Waals surface area contributed by atoms with Crippen LogP contribution >= 0.6 is 11.8 Å². The molecule has 0 N–H and O–H groups in total. The van der Waals surface area contributed by atoms with Crippen molar-refractivity contribution < 1.29 is 4.79 Å². The molecule has 0 bridgehead atoms. The fourth-order valence-corrected chi connectivity index (χ4v) is 6.51. The number of ketones is 1. The van der Waals surface area contributed by atoms with Gasteiger partial charge in [-0.15, -0.1) is 0 Å². The smallest absolute Gasteiger partial charge is 0.162 e. The van der Waals surface area contributed by atoms with Crippen molar-refractivity contribution in [2.45, 2.75) is 35.5 Å². The molecule has 0 fully saturated rings. The summed E-state index contributed by atoms with van der Waals surface area (Å²) in [6.07, 6.45) is 0.493. The molecule has 1 nitrogen and oxygen atoms in total. The molecule has 0 radical (unpaired) electrons. The Labute approximate surface area is 223 Å². The van der Waals surface area contributed by atoms with Gasteiger partial charge in [-0.25, -0.2) is 0 Å². The van der Waals surface area contributed by atoms with E-state index in [1.54, 1.807) is 11.8 Å². The van der Waals surface area contributed by atoms with Gasteiger partial charge in [0.2, 0.25) is 0 Å². The predicted molar refractivity (Wildman–Crippen MR) is 154 cm³/mol. The molecule has 0 amide bonds. The molecule has 0 saturated carbocycles. The van der Waals surface area contributed by atoms with Gasteiger partial charge in [-0.1, -0.05) is 115 Å².